The van der Waals surface area contributed by atoms with Gasteiger partial charge in [0.05, 0.1) is 0 Å². The minimum atomic E-state index is -1.03. The number of nitrogens with zero attached hydrogens (tertiary/aromatic N) is 1. The number of carboxylic acids is 1. The number of rotatable bonds is 14. The van der Waals surface area contributed by atoms with Crippen molar-refractivity contribution in [1.29, 1.82) is 0 Å². The van der Waals surface area contributed by atoms with Crippen LogP contribution in [0.2, 0.25) is 0 Å². The van der Waals surface area contributed by atoms with Crippen molar-refractivity contribution in [1.82, 2.24) is 20.1 Å². The fourth-order valence-corrected chi connectivity index (χ4v) is 7.07. The molecule has 0 bridgehead atoms. The average Bonchev–Trinajstić information content (AvgIpc) is 2.80. The number of carboxylic acid groups (broad SMARTS) is 1. The molecule has 3 rings (SSSR count). The Kier molecular flexibility index (Phi) is 10.5. The molecule has 2 aliphatic rings. The van der Waals surface area contributed by atoms with E-state index in [0.29, 0.717) is 18.2 Å². The van der Waals surface area contributed by atoms with Gasteiger partial charge in [0.15, 0.2) is 0 Å². The Morgan fingerprint density at radius 1 is 1.19 bits per heavy atom. The molecule has 32 heavy (non-hydrogen) atoms. The fourth-order valence-electron chi connectivity index (χ4n) is 3.12. The predicted octanol–water partition coefficient (Wildman–Crippen LogP) is 1.45. The van der Waals surface area contributed by atoms with Crippen molar-refractivity contribution in [3.63, 3.8) is 0 Å². The zero-order valence-corrected chi connectivity index (χ0v) is 21.3. The van der Waals surface area contributed by atoms with E-state index < -0.39 is 5.97 Å². The van der Waals surface area contributed by atoms with Crippen LogP contribution < -0.4 is 19.9 Å². The van der Waals surface area contributed by atoms with Crippen molar-refractivity contribution in [2.24, 2.45) is 0 Å². The lowest BCUT2D eigenvalue weighted by molar-refractivity contribution is -0.148. The normalized spacial score (nSPS) is 19.9. The van der Waals surface area contributed by atoms with Gasteiger partial charge in [0, 0.05) is 22.1 Å². The van der Waals surface area contributed by atoms with E-state index in [1.54, 1.807) is 35.3 Å². The highest BCUT2D eigenvalue weighted by Gasteiger charge is 2.53. The van der Waals surface area contributed by atoms with Crippen molar-refractivity contribution >= 4 is 78.1 Å². The summed E-state index contributed by atoms with van der Waals surface area (Å²) >= 11 is 6.26. The topological polar surface area (TPSA) is 106 Å². The first-order valence-corrected chi connectivity index (χ1v) is 14.4. The molecule has 1 fully saturated rings. The zero-order chi connectivity index (χ0) is 22.9. The van der Waals surface area contributed by atoms with Crippen molar-refractivity contribution in [2.45, 2.75) is 30.2 Å². The first-order valence-electron chi connectivity index (χ1n) is 10.4. The maximum absolute atomic E-state index is 12.7. The van der Waals surface area contributed by atoms with Crippen LogP contribution in [-0.2, 0) is 9.59 Å². The summed E-state index contributed by atoms with van der Waals surface area (Å²) in [5.74, 6) is -0.0490. The number of carbonyl (C=O) groups is 2. The highest BCUT2D eigenvalue weighted by atomic mass is 32.2. The van der Waals surface area contributed by atoms with Gasteiger partial charge >= 0.3 is 5.97 Å². The summed E-state index contributed by atoms with van der Waals surface area (Å²) in [6.07, 6.45) is 0. The second kappa shape index (κ2) is 13.1. The van der Waals surface area contributed by atoms with E-state index in [-0.39, 0.29) is 23.0 Å². The molecule has 172 valence electrons. The Labute approximate surface area is 207 Å². The van der Waals surface area contributed by atoms with Gasteiger partial charge in [-0.25, -0.2) is 4.79 Å². The van der Waals surface area contributed by atoms with E-state index in [0.717, 1.165) is 35.9 Å². The van der Waals surface area contributed by atoms with Crippen molar-refractivity contribution in [2.75, 3.05) is 29.3 Å². The number of carbonyl (C=O) groups excluding carboxylic acids is 1. The minimum Gasteiger partial charge on any atom is -0.477 e. The molecule has 2 unspecified atom stereocenters. The molecular formula is C18H27B2N5O3S4. The largest absolute Gasteiger partial charge is 0.477 e. The summed E-state index contributed by atoms with van der Waals surface area (Å²) in [4.78, 5) is 27.2. The molecule has 0 aliphatic carbocycles. The van der Waals surface area contributed by atoms with E-state index in [9.17, 15) is 14.7 Å². The van der Waals surface area contributed by atoms with Gasteiger partial charge in [0.25, 0.3) is 13.4 Å². The smallest absolute Gasteiger partial charge is 0.352 e. The van der Waals surface area contributed by atoms with Crippen molar-refractivity contribution < 1.29 is 14.7 Å². The maximum Gasteiger partial charge on any atom is 0.352 e. The number of aliphatic carboxylic acids is 1. The number of nitrogens with one attached hydrogen (secondary N) is 4. The van der Waals surface area contributed by atoms with E-state index in [1.807, 2.05) is 31.2 Å². The number of β-lactam (4-membered cyclic amide) rings is 1. The number of hydrogen-bond acceptors (Lipinski definition) is 10. The van der Waals surface area contributed by atoms with Gasteiger partial charge in [0.1, 0.15) is 17.1 Å². The predicted molar refractivity (Wildman–Crippen MR) is 142 cm³/mol. The Morgan fingerprint density at radius 3 is 2.53 bits per heavy atom. The summed E-state index contributed by atoms with van der Waals surface area (Å²) in [5, 5.41) is 16.1. The summed E-state index contributed by atoms with van der Waals surface area (Å²) in [5.41, 5.74) is 1.97. The Bertz CT molecular complexity index is 833. The van der Waals surface area contributed by atoms with Crippen LogP contribution in [-0.4, -0.2) is 71.3 Å². The molecule has 0 spiro atoms. The molecule has 2 heterocycles. The molecule has 0 aromatic heterocycles. The molecule has 0 radical (unpaired) electrons. The average molecular weight is 511 g/mol. The molecule has 14 heteroatoms. The Hall–Kier alpha value is -0.890. The second-order valence-electron chi connectivity index (χ2n) is 6.96. The zero-order valence-electron chi connectivity index (χ0n) is 18.1. The molecule has 8 nitrogen and oxygen atoms in total. The summed E-state index contributed by atoms with van der Waals surface area (Å²) < 4.78 is 6.45. The third kappa shape index (κ3) is 6.58. The maximum atomic E-state index is 12.7. The lowest BCUT2D eigenvalue weighted by Crippen LogP contribution is -2.69. The number of hydrogen-bond donors (Lipinski definition) is 5. The van der Waals surface area contributed by atoms with E-state index in [1.165, 1.54) is 16.7 Å². The monoisotopic (exact) mass is 511 g/mol. The van der Waals surface area contributed by atoms with Gasteiger partial charge in [-0.2, -0.15) is 0 Å². The third-order valence-electron chi connectivity index (χ3n) is 4.77. The van der Waals surface area contributed by atoms with Gasteiger partial charge in [-0.3, -0.25) is 14.4 Å². The lowest BCUT2D eigenvalue weighted by atomic mass is 10.0. The quantitative estimate of drug-likeness (QED) is 0.0825. The number of thioether (sulfide) groups is 2. The second-order valence-corrected chi connectivity index (χ2v) is 10.7. The first kappa shape index (κ1) is 25.7. The first-order chi connectivity index (χ1) is 15.6. The Morgan fingerprint density at radius 2 is 1.88 bits per heavy atom. The van der Waals surface area contributed by atoms with E-state index in [2.05, 4.69) is 26.8 Å². The molecule has 1 aromatic rings. The number of anilines is 1. The Balaban J connectivity index is 1.56. The molecule has 5 N–H and O–H groups in total. The third-order valence-corrected chi connectivity index (χ3v) is 8.70. The molecular weight excluding hydrogens is 484 g/mol. The summed E-state index contributed by atoms with van der Waals surface area (Å²) in [6, 6.07) is 7.73. The highest BCUT2D eigenvalue weighted by Crippen LogP contribution is 2.42. The van der Waals surface area contributed by atoms with E-state index >= 15 is 0 Å². The van der Waals surface area contributed by atoms with Crippen LogP contribution in [0.3, 0.4) is 0 Å². The van der Waals surface area contributed by atoms with Crippen LogP contribution in [0.4, 0.5) is 5.69 Å². The molecule has 1 saturated heterocycles. The summed E-state index contributed by atoms with van der Waals surface area (Å²) in [7, 11) is 0. The van der Waals surface area contributed by atoms with Crippen molar-refractivity contribution in [3.8, 4) is 0 Å². The van der Waals surface area contributed by atoms with Crippen LogP contribution in [0.25, 0.3) is 0 Å². The van der Waals surface area contributed by atoms with Gasteiger partial charge in [0.2, 0.25) is 5.91 Å². The number of benzene rings is 1. The van der Waals surface area contributed by atoms with Gasteiger partial charge in [-0.15, -0.1) is 35.3 Å². The van der Waals surface area contributed by atoms with Crippen molar-refractivity contribution in [3.05, 3.63) is 35.5 Å². The molecule has 2 atom stereocenters. The minimum absolute atomic E-state index is 0.152. The SMILES string of the molecule is CCNBSNc1ccc(SCC2=C(C(=O)O)N3C(=O)C(NSBNCC)C3SC2)cc1. The number of amides is 1. The standard InChI is InChI=1S/C18H27B2N5O3S4/c1-3-21-19-31-23-12-5-7-13(8-6-12)29-9-11-10-30-17-14(24-32-20-22-4-2)16(26)25(17)15(11)18(27)28/h5-8,14,17,19-24H,3-4,9-10H2,1-2H3,(H,27,28). The molecule has 1 aromatic carbocycles. The van der Waals surface area contributed by atoms with Gasteiger partial charge in [-0.1, -0.05) is 25.6 Å². The molecule has 0 saturated carbocycles. The van der Waals surface area contributed by atoms with Crippen LogP contribution >= 0.6 is 47.1 Å². The van der Waals surface area contributed by atoms with Crippen LogP contribution in [0.15, 0.2) is 40.4 Å². The van der Waals surface area contributed by atoms with Crippen LogP contribution in [0.1, 0.15) is 13.8 Å². The van der Waals surface area contributed by atoms with E-state index in [4.69, 9.17) is 0 Å². The number of fused-ring (bicyclic) bond motifs is 1. The van der Waals surface area contributed by atoms with Crippen LogP contribution in [0, 0.1) is 0 Å². The van der Waals surface area contributed by atoms with Gasteiger partial charge < -0.3 is 20.3 Å². The summed E-state index contributed by atoms with van der Waals surface area (Å²) in [6.45, 7) is 7.42. The fraction of sp³-hybridized carbons (Fsp3) is 0.444. The highest BCUT2D eigenvalue weighted by molar-refractivity contribution is 8.23. The molecule has 2 aliphatic heterocycles. The lowest BCUT2D eigenvalue weighted by Gasteiger charge is -2.49. The van der Waals surface area contributed by atoms with Gasteiger partial charge in [-0.05, 0) is 42.9 Å². The molecule has 1 amide bonds. The van der Waals surface area contributed by atoms with Crippen LogP contribution in [0.5, 0.6) is 0 Å².